The molecule has 0 saturated carbocycles. The summed E-state index contributed by atoms with van der Waals surface area (Å²) >= 11 is 0. The largest absolute Gasteiger partial charge is 0.508 e. The van der Waals surface area contributed by atoms with Crippen molar-refractivity contribution in [3.8, 4) is 5.75 Å². The number of hydrogen-bond donors (Lipinski definition) is 3. The molecule has 0 unspecified atom stereocenters. The van der Waals surface area contributed by atoms with E-state index in [-0.39, 0.29) is 40.8 Å². The molecule has 0 radical (unpaired) electrons. The second-order valence-corrected chi connectivity index (χ2v) is 9.28. The highest BCUT2D eigenvalue weighted by atomic mass is 16.3. The first-order valence-electron chi connectivity index (χ1n) is 12.3. The molecule has 1 saturated heterocycles. The van der Waals surface area contributed by atoms with Gasteiger partial charge in [0.05, 0.1) is 17.5 Å². The fourth-order valence-corrected chi connectivity index (χ4v) is 4.24. The summed E-state index contributed by atoms with van der Waals surface area (Å²) in [5.41, 5.74) is 1.09. The fourth-order valence-electron chi connectivity index (χ4n) is 4.24. The number of para-hydroxylation sites is 1. The molecule has 0 atom stereocenters. The molecule has 1 aliphatic rings. The van der Waals surface area contributed by atoms with Crippen molar-refractivity contribution >= 4 is 34.4 Å². The van der Waals surface area contributed by atoms with Gasteiger partial charge in [-0.05, 0) is 44.4 Å². The van der Waals surface area contributed by atoms with Crippen LogP contribution in [-0.2, 0) is 4.79 Å². The monoisotopic (exact) mass is 521 g/mol. The van der Waals surface area contributed by atoms with E-state index in [1.165, 1.54) is 18.2 Å². The summed E-state index contributed by atoms with van der Waals surface area (Å²) in [6.45, 7) is 2.96. The Morgan fingerprint density at radius 1 is 0.974 bits per heavy atom. The lowest BCUT2D eigenvalue weighted by Gasteiger charge is -2.37. The highest BCUT2D eigenvalue weighted by molar-refractivity contribution is 6.00. The van der Waals surface area contributed by atoms with E-state index in [1.807, 2.05) is 37.2 Å². The third kappa shape index (κ3) is 6.30. The highest BCUT2D eigenvalue weighted by Crippen LogP contribution is 2.22. The molecule has 1 aliphatic heterocycles. The second kappa shape index (κ2) is 11.8. The van der Waals surface area contributed by atoms with Gasteiger partial charge in [-0.15, -0.1) is 0 Å². The lowest BCUT2D eigenvalue weighted by Crippen LogP contribution is -2.51. The number of piperazine rings is 1. The first-order valence-corrected chi connectivity index (χ1v) is 12.3. The van der Waals surface area contributed by atoms with Crippen LogP contribution in [-0.4, -0.2) is 92.5 Å². The standard InChI is InChI=1S/C27H31N5O6/c1-30(2)10-9-28-26(36)19-5-3-4-6-21(19)31-11-13-32(14-12-31)25(35)17-29-27(37)24-16-22(34)20-15-18(33)7-8-23(20)38-24/h3-8,15-16,33H,9-14,17H2,1-2H3,(H,28,36)(H,29,37). The summed E-state index contributed by atoms with van der Waals surface area (Å²) in [6, 6.07) is 12.5. The molecule has 200 valence electrons. The number of hydrogen-bond acceptors (Lipinski definition) is 8. The minimum Gasteiger partial charge on any atom is -0.508 e. The molecule has 2 heterocycles. The summed E-state index contributed by atoms with van der Waals surface area (Å²) in [6.07, 6.45) is 0. The van der Waals surface area contributed by atoms with E-state index < -0.39 is 11.3 Å². The number of likely N-dealkylation sites (N-methyl/N-ethyl adjacent to an activating group) is 1. The van der Waals surface area contributed by atoms with Crippen LogP contribution in [0.4, 0.5) is 5.69 Å². The van der Waals surface area contributed by atoms with Crippen molar-refractivity contribution in [1.29, 1.82) is 0 Å². The number of anilines is 1. The number of amides is 3. The minimum atomic E-state index is -0.682. The second-order valence-electron chi connectivity index (χ2n) is 9.28. The topological polar surface area (TPSA) is 135 Å². The number of carbonyl (C=O) groups is 3. The Balaban J connectivity index is 1.31. The van der Waals surface area contributed by atoms with E-state index in [0.717, 1.165) is 18.3 Å². The Hall–Kier alpha value is -4.38. The molecule has 2 aromatic carbocycles. The highest BCUT2D eigenvalue weighted by Gasteiger charge is 2.24. The molecule has 3 N–H and O–H groups in total. The van der Waals surface area contributed by atoms with E-state index in [9.17, 15) is 24.3 Å². The molecule has 0 spiro atoms. The lowest BCUT2D eigenvalue weighted by atomic mass is 10.1. The van der Waals surface area contributed by atoms with Crippen LogP contribution in [0.3, 0.4) is 0 Å². The third-order valence-corrected chi connectivity index (χ3v) is 6.30. The molecular weight excluding hydrogens is 490 g/mol. The first-order chi connectivity index (χ1) is 18.2. The Labute approximate surface area is 219 Å². The first kappa shape index (κ1) is 26.7. The number of benzene rings is 2. The molecule has 3 aromatic rings. The molecule has 11 nitrogen and oxygen atoms in total. The van der Waals surface area contributed by atoms with Crippen LogP contribution < -0.4 is 21.0 Å². The van der Waals surface area contributed by atoms with E-state index in [1.54, 1.807) is 11.0 Å². The van der Waals surface area contributed by atoms with Gasteiger partial charge < -0.3 is 34.9 Å². The van der Waals surface area contributed by atoms with Gasteiger partial charge >= 0.3 is 0 Å². The zero-order valence-corrected chi connectivity index (χ0v) is 21.4. The maximum Gasteiger partial charge on any atom is 0.287 e. The minimum absolute atomic E-state index is 0.0838. The summed E-state index contributed by atoms with van der Waals surface area (Å²) in [7, 11) is 3.89. The Morgan fingerprint density at radius 3 is 2.45 bits per heavy atom. The number of nitrogens with zero attached hydrogens (tertiary/aromatic N) is 3. The average molecular weight is 522 g/mol. The Bertz CT molecular complexity index is 1390. The smallest absolute Gasteiger partial charge is 0.287 e. The van der Waals surface area contributed by atoms with E-state index in [4.69, 9.17) is 4.42 Å². The number of phenolic OH excluding ortho intramolecular Hbond substituents is 1. The van der Waals surface area contributed by atoms with Crippen molar-refractivity contribution < 1.29 is 23.9 Å². The van der Waals surface area contributed by atoms with Crippen LogP contribution in [0.1, 0.15) is 20.9 Å². The maximum absolute atomic E-state index is 12.7. The summed E-state index contributed by atoms with van der Waals surface area (Å²) in [4.78, 5) is 56.0. The normalized spacial score (nSPS) is 13.6. The Kier molecular flexibility index (Phi) is 8.27. The zero-order chi connectivity index (χ0) is 27.2. The van der Waals surface area contributed by atoms with Gasteiger partial charge in [0, 0.05) is 51.0 Å². The van der Waals surface area contributed by atoms with Gasteiger partial charge in [-0.2, -0.15) is 0 Å². The van der Waals surface area contributed by atoms with Gasteiger partial charge in [-0.1, -0.05) is 12.1 Å². The van der Waals surface area contributed by atoms with E-state index in [2.05, 4.69) is 15.5 Å². The number of nitrogens with one attached hydrogen (secondary N) is 2. The van der Waals surface area contributed by atoms with Crippen molar-refractivity contribution in [3.05, 3.63) is 70.1 Å². The number of phenols is 1. The third-order valence-electron chi connectivity index (χ3n) is 6.30. The van der Waals surface area contributed by atoms with Crippen LogP contribution in [0.25, 0.3) is 11.0 Å². The number of rotatable bonds is 8. The van der Waals surface area contributed by atoms with Gasteiger partial charge in [0.25, 0.3) is 11.8 Å². The molecule has 38 heavy (non-hydrogen) atoms. The van der Waals surface area contributed by atoms with Crippen LogP contribution in [0, 0.1) is 0 Å². The maximum atomic E-state index is 12.7. The Morgan fingerprint density at radius 2 is 1.71 bits per heavy atom. The van der Waals surface area contributed by atoms with Crippen LogP contribution in [0.15, 0.2) is 57.7 Å². The molecule has 0 bridgehead atoms. The van der Waals surface area contributed by atoms with E-state index >= 15 is 0 Å². The van der Waals surface area contributed by atoms with Crippen molar-refractivity contribution in [2.75, 3.05) is 64.8 Å². The van der Waals surface area contributed by atoms with Crippen molar-refractivity contribution in [2.24, 2.45) is 0 Å². The molecule has 4 rings (SSSR count). The average Bonchev–Trinajstić information content (AvgIpc) is 2.91. The SMILES string of the molecule is CN(C)CCNC(=O)c1ccccc1N1CCN(C(=O)CNC(=O)c2cc(=O)c3cc(O)ccc3o2)CC1. The van der Waals surface area contributed by atoms with Gasteiger partial charge in [0.15, 0.2) is 11.2 Å². The molecule has 1 aromatic heterocycles. The molecule has 0 aliphatic carbocycles. The van der Waals surface area contributed by atoms with Gasteiger partial charge in [-0.25, -0.2) is 0 Å². The molecule has 3 amide bonds. The number of aromatic hydroxyl groups is 1. The van der Waals surface area contributed by atoms with Crippen molar-refractivity contribution in [3.63, 3.8) is 0 Å². The predicted molar refractivity (Wildman–Crippen MR) is 143 cm³/mol. The lowest BCUT2D eigenvalue weighted by molar-refractivity contribution is -0.130. The van der Waals surface area contributed by atoms with Crippen molar-refractivity contribution in [1.82, 2.24) is 20.4 Å². The fraction of sp³-hybridized carbons (Fsp3) is 0.333. The van der Waals surface area contributed by atoms with Gasteiger partial charge in [0.1, 0.15) is 11.3 Å². The zero-order valence-electron chi connectivity index (χ0n) is 21.4. The number of fused-ring (bicyclic) bond motifs is 1. The molecular formula is C27H31N5O6. The molecule has 11 heteroatoms. The van der Waals surface area contributed by atoms with Crippen LogP contribution in [0.5, 0.6) is 5.75 Å². The van der Waals surface area contributed by atoms with Crippen molar-refractivity contribution in [2.45, 2.75) is 0 Å². The van der Waals surface area contributed by atoms with E-state index in [0.29, 0.717) is 38.3 Å². The quantitative estimate of drug-likeness (QED) is 0.397. The summed E-state index contributed by atoms with van der Waals surface area (Å²) in [5, 5.41) is 15.2. The summed E-state index contributed by atoms with van der Waals surface area (Å²) < 4.78 is 5.48. The van der Waals surface area contributed by atoms with Crippen LogP contribution >= 0.6 is 0 Å². The number of carbonyl (C=O) groups excluding carboxylic acids is 3. The van der Waals surface area contributed by atoms with Gasteiger partial charge in [-0.3, -0.25) is 19.2 Å². The summed E-state index contributed by atoms with van der Waals surface area (Å²) in [5.74, 6) is -1.38. The predicted octanol–water partition coefficient (Wildman–Crippen LogP) is 0.869. The van der Waals surface area contributed by atoms with Crippen LogP contribution in [0.2, 0.25) is 0 Å². The van der Waals surface area contributed by atoms with Gasteiger partial charge in [0.2, 0.25) is 5.91 Å². The molecule has 1 fully saturated rings.